The number of piperazine rings is 2. The fourth-order valence-electron chi connectivity index (χ4n) is 10.1. The first-order valence-electron chi connectivity index (χ1n) is 29.1. The van der Waals surface area contributed by atoms with Gasteiger partial charge in [-0.05, 0) is 141 Å². The summed E-state index contributed by atoms with van der Waals surface area (Å²) in [4.78, 5) is 51.0. The van der Waals surface area contributed by atoms with Crippen molar-refractivity contribution in [1.29, 1.82) is 0 Å². The smallest absolute Gasteiger partial charge is 0.494 e. The Morgan fingerprint density at radius 1 is 0.556 bits per heavy atom. The Kier molecular flexibility index (Phi) is 24.6. The highest BCUT2D eigenvalue weighted by molar-refractivity contribution is 7.17. The zero-order valence-corrected chi connectivity index (χ0v) is 49.5. The minimum atomic E-state index is -0.711. The van der Waals surface area contributed by atoms with Crippen LogP contribution in [0.25, 0.3) is 42.0 Å². The van der Waals surface area contributed by atoms with Crippen LogP contribution in [0.3, 0.4) is 0 Å². The number of anilines is 2. The number of aromatic amines is 1. The Morgan fingerprint density at radius 3 is 1.64 bits per heavy atom. The van der Waals surface area contributed by atoms with Gasteiger partial charge in [0.25, 0.3) is 0 Å². The van der Waals surface area contributed by atoms with Gasteiger partial charge in [-0.3, -0.25) is 14.6 Å². The highest BCUT2D eigenvalue weighted by Crippen LogP contribution is 2.33. The summed E-state index contributed by atoms with van der Waals surface area (Å²) in [7, 11) is 0. The first-order chi connectivity index (χ1) is 39.7. The summed E-state index contributed by atoms with van der Waals surface area (Å²) in [5, 5.41) is 9.10. The summed E-state index contributed by atoms with van der Waals surface area (Å²) < 4.78 is 29.6. The number of pyridine rings is 2. The summed E-state index contributed by atoms with van der Waals surface area (Å²) in [5.74, 6) is 1.81. The van der Waals surface area contributed by atoms with Crippen molar-refractivity contribution in [2.45, 2.75) is 90.9 Å². The van der Waals surface area contributed by atoms with Crippen LogP contribution in [0.2, 0.25) is 0 Å². The molecule has 81 heavy (non-hydrogen) atoms. The topological polar surface area (TPSA) is 139 Å². The number of hydrogen-bond acceptors (Lipinski definition) is 15. The molecule has 17 heteroatoms. The van der Waals surface area contributed by atoms with E-state index >= 15 is 0 Å². The number of aromatic nitrogens is 2. The fourth-order valence-corrected chi connectivity index (χ4v) is 11.8. The van der Waals surface area contributed by atoms with Crippen molar-refractivity contribution >= 4 is 99.2 Å². The molecule has 2 fully saturated rings. The van der Waals surface area contributed by atoms with E-state index in [1.165, 1.54) is 44.4 Å². The third-order valence-electron chi connectivity index (χ3n) is 14.6. The third-order valence-corrected chi connectivity index (χ3v) is 16.5. The van der Waals surface area contributed by atoms with Gasteiger partial charge in [0.2, 0.25) is 11.4 Å². The molecule has 0 saturated carbocycles. The second kappa shape index (κ2) is 32.9. The van der Waals surface area contributed by atoms with Crippen LogP contribution >= 0.6 is 34.3 Å². The second-order valence-corrected chi connectivity index (χ2v) is 22.7. The molecule has 0 radical (unpaired) electrons. The number of nitrogens with one attached hydrogen (secondary N) is 1. The van der Waals surface area contributed by atoms with Crippen LogP contribution in [-0.4, -0.2) is 123 Å². The standard InChI is InChI=1S/C32H39N3O4S.C25H27N3O2S.C7H13ClO2/c1-2-3-4-6-22-38-32(36)39-31-14-12-25-11-13-26(24-28(25)33-31)37-21-7-5-16-34-17-19-35(20-18-34)29-9-8-10-30-27(29)15-23-40-30;29-25-9-7-19-6-8-20(18-22(19)26-25)30-16-2-1-11-27-12-14-28(15-13-27)23-4-3-5-24-21(23)10-17-31-24;1-2-3-4-5-6-10-7(8)9/h8-15,23-24H,2-7,16-22H2,1H3;3-10,17-18H,1-2,11-16H2,(H,26,29);2-6H2,1H3. The van der Waals surface area contributed by atoms with E-state index in [1.54, 1.807) is 12.1 Å². The molecular weight excluding hydrogens is 1080 g/mol. The molecule has 2 saturated heterocycles. The van der Waals surface area contributed by atoms with E-state index in [0.717, 1.165) is 163 Å². The van der Waals surface area contributed by atoms with Crippen molar-refractivity contribution in [3.05, 3.63) is 130 Å². The minimum absolute atomic E-state index is 0.0863. The van der Waals surface area contributed by atoms with Crippen molar-refractivity contribution in [2.24, 2.45) is 0 Å². The van der Waals surface area contributed by atoms with E-state index in [2.05, 4.69) is 107 Å². The summed E-state index contributed by atoms with van der Waals surface area (Å²) in [5.41, 5.74) is 3.51. The van der Waals surface area contributed by atoms with Gasteiger partial charge in [0.15, 0.2) is 0 Å². The molecule has 2 aliphatic heterocycles. The van der Waals surface area contributed by atoms with Gasteiger partial charge >= 0.3 is 11.6 Å². The molecule has 0 spiro atoms. The molecular formula is C64H79ClN6O8S2. The number of fused-ring (bicyclic) bond motifs is 4. The molecule has 4 aromatic heterocycles. The Balaban J connectivity index is 0.000000186. The molecule has 4 aromatic carbocycles. The second-order valence-electron chi connectivity index (χ2n) is 20.5. The lowest BCUT2D eigenvalue weighted by Gasteiger charge is -2.36. The van der Waals surface area contributed by atoms with Gasteiger partial charge in [-0.25, -0.2) is 14.6 Å². The van der Waals surface area contributed by atoms with Crippen LogP contribution < -0.4 is 29.6 Å². The van der Waals surface area contributed by atoms with E-state index in [4.69, 9.17) is 30.5 Å². The van der Waals surface area contributed by atoms with Crippen LogP contribution in [-0.2, 0) is 9.47 Å². The minimum Gasteiger partial charge on any atom is -0.494 e. The average Bonchev–Trinajstić information content (AvgIpc) is 4.21. The first-order valence-corrected chi connectivity index (χ1v) is 31.2. The number of thiophene rings is 2. The molecule has 0 atom stereocenters. The number of benzene rings is 4. The van der Waals surface area contributed by atoms with Crippen LogP contribution in [0, 0.1) is 0 Å². The molecule has 0 unspecified atom stereocenters. The Hall–Kier alpha value is -6.43. The van der Waals surface area contributed by atoms with Crippen LogP contribution in [0.4, 0.5) is 21.0 Å². The molecule has 432 valence electrons. The summed E-state index contributed by atoms with van der Waals surface area (Å²) >= 11 is 8.56. The quantitative estimate of drug-likeness (QED) is 0.0330. The monoisotopic (exact) mass is 1160 g/mol. The van der Waals surface area contributed by atoms with Gasteiger partial charge in [-0.2, -0.15) is 0 Å². The first kappa shape index (κ1) is 60.7. The Labute approximate surface area is 489 Å². The summed E-state index contributed by atoms with van der Waals surface area (Å²) in [6.45, 7) is 17.4. The van der Waals surface area contributed by atoms with Gasteiger partial charge < -0.3 is 38.5 Å². The molecule has 10 rings (SSSR count). The molecule has 6 heterocycles. The van der Waals surface area contributed by atoms with E-state index < -0.39 is 11.6 Å². The van der Waals surface area contributed by atoms with Crippen molar-refractivity contribution in [1.82, 2.24) is 19.8 Å². The Bertz CT molecular complexity index is 3240. The summed E-state index contributed by atoms with van der Waals surface area (Å²) in [6, 6.07) is 36.4. The van der Waals surface area contributed by atoms with Crippen molar-refractivity contribution in [3.8, 4) is 17.4 Å². The molecule has 0 aliphatic carbocycles. The number of carbonyl (C=O) groups excluding carboxylic acids is 2. The number of carbonyl (C=O) groups is 2. The van der Waals surface area contributed by atoms with E-state index in [-0.39, 0.29) is 11.4 Å². The maximum atomic E-state index is 12.0. The van der Waals surface area contributed by atoms with Crippen LogP contribution in [0.5, 0.6) is 17.4 Å². The SMILES string of the molecule is CCCCCCOC(=O)Cl.CCCCCCOC(=O)Oc1ccc2ccc(OCCCCN3CCN(c4cccc5sccc45)CC3)cc2n1.O=c1ccc2ccc(OCCCCN3CCN(c4cccc5sccc45)CC3)cc2[nH]1. The average molecular weight is 1160 g/mol. The number of unbranched alkanes of at least 4 members (excludes halogenated alkanes) is 8. The predicted molar refractivity (Wildman–Crippen MR) is 334 cm³/mol. The largest absolute Gasteiger partial charge is 0.515 e. The van der Waals surface area contributed by atoms with Gasteiger partial charge in [0, 0.05) is 125 Å². The lowest BCUT2D eigenvalue weighted by Crippen LogP contribution is -2.46. The van der Waals surface area contributed by atoms with E-state index in [0.29, 0.717) is 26.4 Å². The van der Waals surface area contributed by atoms with Gasteiger partial charge in [-0.1, -0.05) is 64.5 Å². The highest BCUT2D eigenvalue weighted by Gasteiger charge is 2.20. The maximum absolute atomic E-state index is 12.0. The van der Waals surface area contributed by atoms with E-state index in [9.17, 15) is 14.4 Å². The lowest BCUT2D eigenvalue weighted by molar-refractivity contribution is 0.0959. The highest BCUT2D eigenvalue weighted by atomic mass is 35.5. The number of nitrogens with zero attached hydrogens (tertiary/aromatic N) is 5. The van der Waals surface area contributed by atoms with Crippen LogP contribution in [0.15, 0.2) is 125 Å². The zero-order chi connectivity index (χ0) is 56.4. The Morgan fingerprint density at radius 2 is 1.07 bits per heavy atom. The molecule has 2 aliphatic rings. The zero-order valence-electron chi connectivity index (χ0n) is 47.1. The predicted octanol–water partition coefficient (Wildman–Crippen LogP) is 15.2. The lowest BCUT2D eigenvalue weighted by atomic mass is 10.2. The number of H-pyrrole nitrogens is 1. The molecule has 1 N–H and O–H groups in total. The van der Waals surface area contributed by atoms with Crippen molar-refractivity contribution < 1.29 is 33.3 Å². The molecule has 14 nitrogen and oxygen atoms in total. The number of hydrogen-bond donors (Lipinski definition) is 1. The normalized spacial score (nSPS) is 13.9. The van der Waals surface area contributed by atoms with Gasteiger partial charge in [-0.15, -0.1) is 22.7 Å². The number of ether oxygens (including phenoxy) is 5. The van der Waals surface area contributed by atoms with Gasteiger partial charge in [0.1, 0.15) is 11.5 Å². The summed E-state index contributed by atoms with van der Waals surface area (Å²) in [6.07, 6.45) is 12.1. The van der Waals surface area contributed by atoms with Crippen molar-refractivity contribution in [3.63, 3.8) is 0 Å². The molecule has 8 aromatic rings. The number of rotatable bonds is 25. The van der Waals surface area contributed by atoms with Gasteiger partial charge in [0.05, 0.1) is 37.5 Å². The third kappa shape index (κ3) is 19.3. The molecule has 0 bridgehead atoms. The van der Waals surface area contributed by atoms with Crippen molar-refractivity contribution in [2.75, 3.05) is 102 Å². The maximum Gasteiger partial charge on any atom is 0.515 e. The fraction of sp³-hybridized carbons (Fsp3) is 0.438. The number of halogens is 1. The van der Waals surface area contributed by atoms with E-state index in [1.807, 2.05) is 71.2 Å². The van der Waals surface area contributed by atoms with Crippen LogP contribution in [0.1, 0.15) is 90.9 Å². The molecule has 0 amide bonds.